The average molecular weight is 422 g/mol. The Bertz CT molecular complexity index is 402. The fourth-order valence-corrected chi connectivity index (χ4v) is 2.22. The van der Waals surface area contributed by atoms with Crippen LogP contribution in [-0.2, 0) is 4.74 Å². The summed E-state index contributed by atoms with van der Waals surface area (Å²) in [5, 5.41) is 117. The second kappa shape index (κ2) is 12.2. The fraction of sp³-hybridized carbons (Fsp3) is 1.00. The van der Waals surface area contributed by atoms with Gasteiger partial charge >= 0.3 is 0 Å². The van der Waals surface area contributed by atoms with E-state index in [0.717, 1.165) is 0 Å². The predicted molar refractivity (Wildman–Crippen MR) is 86.2 cm³/mol. The molecular formula is C14H30O14. The Morgan fingerprint density at radius 3 is 1.46 bits per heavy atom. The van der Waals surface area contributed by atoms with E-state index in [-0.39, 0.29) is 0 Å². The molecule has 1 rings (SSSR count). The molecule has 0 bridgehead atoms. The van der Waals surface area contributed by atoms with Crippen LogP contribution in [0.4, 0.5) is 0 Å². The topological polar surface area (TPSA) is 272 Å². The minimum atomic E-state index is -2.36. The van der Waals surface area contributed by atoms with Gasteiger partial charge in [0.2, 0.25) is 5.79 Å². The first-order chi connectivity index (χ1) is 12.9. The van der Waals surface area contributed by atoms with Crippen LogP contribution in [-0.4, -0.2) is 154 Å². The highest BCUT2D eigenvalue weighted by Crippen LogP contribution is 2.27. The first-order valence-electron chi connectivity index (χ1n) is 8.19. The van der Waals surface area contributed by atoms with Crippen LogP contribution in [0.5, 0.6) is 0 Å². The fourth-order valence-electron chi connectivity index (χ4n) is 2.22. The van der Waals surface area contributed by atoms with Crippen LogP contribution in [0.15, 0.2) is 0 Å². The standard InChI is InChI=1S/C7H14O7.C7H16O7/c8-1-3-4(10)5(11)6(12)7(13,2-9)14-3;8-1-3(10)5(12)7(14)6(13)4(11)2-9/h3-6,8-13H,1-2H2;3-14H,1-2H2/t3-,4-,5+,6+,7?;3-,4+,5-,6-,7?/m11/s1. The van der Waals surface area contributed by atoms with Crippen LogP contribution >= 0.6 is 0 Å². The monoisotopic (exact) mass is 422 g/mol. The first kappa shape index (κ1) is 27.4. The van der Waals surface area contributed by atoms with E-state index in [2.05, 4.69) is 4.74 Å². The molecule has 1 aliphatic heterocycles. The van der Waals surface area contributed by atoms with Gasteiger partial charge in [-0.2, -0.15) is 0 Å². The van der Waals surface area contributed by atoms with Gasteiger partial charge in [-0.3, -0.25) is 0 Å². The van der Waals surface area contributed by atoms with Crippen molar-refractivity contribution in [1.82, 2.24) is 0 Å². The lowest BCUT2D eigenvalue weighted by molar-refractivity contribution is -0.357. The van der Waals surface area contributed by atoms with Gasteiger partial charge < -0.3 is 71.1 Å². The lowest BCUT2D eigenvalue weighted by atomic mass is 9.93. The smallest absolute Gasteiger partial charge is 0.219 e. The zero-order valence-electron chi connectivity index (χ0n) is 14.7. The van der Waals surface area contributed by atoms with Crippen LogP contribution in [0.2, 0.25) is 0 Å². The summed E-state index contributed by atoms with van der Waals surface area (Å²) in [4.78, 5) is 0. The van der Waals surface area contributed by atoms with Crippen molar-refractivity contribution < 1.29 is 71.1 Å². The van der Waals surface area contributed by atoms with E-state index in [9.17, 15) is 20.4 Å². The summed E-state index contributed by atoms with van der Waals surface area (Å²) >= 11 is 0. The van der Waals surface area contributed by atoms with Gasteiger partial charge in [0.05, 0.1) is 26.4 Å². The lowest BCUT2D eigenvalue weighted by Gasteiger charge is -2.44. The van der Waals surface area contributed by atoms with Gasteiger partial charge in [-0.1, -0.05) is 0 Å². The first-order valence-corrected chi connectivity index (χ1v) is 8.19. The van der Waals surface area contributed by atoms with Gasteiger partial charge in [-0.25, -0.2) is 0 Å². The van der Waals surface area contributed by atoms with E-state index in [1.165, 1.54) is 0 Å². The van der Waals surface area contributed by atoms with Crippen molar-refractivity contribution in [2.45, 2.75) is 60.7 Å². The van der Waals surface area contributed by atoms with E-state index in [1.807, 2.05) is 0 Å². The third-order valence-corrected chi connectivity index (χ3v) is 4.14. The zero-order valence-corrected chi connectivity index (χ0v) is 14.7. The van der Waals surface area contributed by atoms with E-state index < -0.39 is 87.2 Å². The highest BCUT2D eigenvalue weighted by atomic mass is 16.7. The van der Waals surface area contributed by atoms with Crippen molar-refractivity contribution in [3.63, 3.8) is 0 Å². The van der Waals surface area contributed by atoms with E-state index in [0.29, 0.717) is 0 Å². The number of aliphatic hydroxyl groups excluding tert-OH is 12. The number of aliphatic hydroxyl groups is 13. The van der Waals surface area contributed by atoms with Crippen LogP contribution in [0, 0.1) is 0 Å². The summed E-state index contributed by atoms with van der Waals surface area (Å²) in [6.45, 7) is -3.18. The molecule has 1 aliphatic rings. The Morgan fingerprint density at radius 2 is 1.14 bits per heavy atom. The molecule has 0 spiro atoms. The Labute approximate surface area is 159 Å². The maximum absolute atomic E-state index is 9.43. The lowest BCUT2D eigenvalue weighted by Crippen LogP contribution is -2.66. The van der Waals surface area contributed by atoms with E-state index >= 15 is 0 Å². The van der Waals surface area contributed by atoms with Crippen LogP contribution in [0.3, 0.4) is 0 Å². The molecule has 0 saturated carbocycles. The second-order valence-electron chi connectivity index (χ2n) is 6.24. The predicted octanol–water partition coefficient (Wildman–Crippen LogP) is -8.08. The van der Waals surface area contributed by atoms with Crippen molar-refractivity contribution in [1.29, 1.82) is 0 Å². The number of ether oxygens (including phenoxy) is 1. The molecule has 14 heteroatoms. The number of hydrogen-bond donors (Lipinski definition) is 13. The minimum Gasteiger partial charge on any atom is -0.394 e. The Hall–Kier alpha value is -0.560. The average Bonchev–Trinajstić information content (AvgIpc) is 2.72. The molecule has 0 aromatic rings. The molecule has 1 heterocycles. The summed E-state index contributed by atoms with van der Waals surface area (Å²) in [5.74, 6) is -2.36. The molecular weight excluding hydrogens is 392 g/mol. The molecule has 1 saturated heterocycles. The largest absolute Gasteiger partial charge is 0.394 e. The molecule has 0 aromatic heterocycles. The maximum Gasteiger partial charge on any atom is 0.219 e. The maximum atomic E-state index is 9.43. The molecule has 0 aromatic carbocycles. The zero-order chi connectivity index (χ0) is 22.2. The van der Waals surface area contributed by atoms with Gasteiger partial charge in [0.15, 0.2) is 0 Å². The van der Waals surface area contributed by atoms with Crippen LogP contribution < -0.4 is 0 Å². The van der Waals surface area contributed by atoms with E-state index in [1.54, 1.807) is 0 Å². The van der Waals surface area contributed by atoms with Gasteiger partial charge in [0.1, 0.15) is 54.9 Å². The molecule has 0 radical (unpaired) electrons. The summed E-state index contributed by atoms with van der Waals surface area (Å²) in [6, 6.07) is 0. The summed E-state index contributed by atoms with van der Waals surface area (Å²) < 4.78 is 4.66. The molecule has 0 aliphatic carbocycles. The van der Waals surface area contributed by atoms with Gasteiger partial charge in [-0.05, 0) is 0 Å². The molecule has 13 N–H and O–H groups in total. The molecule has 10 atom stereocenters. The number of rotatable bonds is 8. The Kier molecular flexibility index (Phi) is 12.0. The van der Waals surface area contributed by atoms with Crippen LogP contribution in [0.25, 0.3) is 0 Å². The molecule has 1 fully saturated rings. The van der Waals surface area contributed by atoms with E-state index in [4.69, 9.17) is 46.0 Å². The Morgan fingerprint density at radius 1 is 0.714 bits per heavy atom. The van der Waals surface area contributed by atoms with Gasteiger partial charge in [-0.15, -0.1) is 0 Å². The molecule has 2 unspecified atom stereocenters. The summed E-state index contributed by atoms with van der Waals surface area (Å²) in [6.07, 6.45) is -14.9. The number of hydrogen-bond acceptors (Lipinski definition) is 14. The Balaban J connectivity index is 0.000000521. The third kappa shape index (κ3) is 6.75. The highest BCUT2D eigenvalue weighted by molar-refractivity contribution is 4.95. The highest BCUT2D eigenvalue weighted by Gasteiger charge is 2.52. The molecule has 14 nitrogen and oxygen atoms in total. The minimum absolute atomic E-state index is 0.646. The molecule has 170 valence electrons. The summed E-state index contributed by atoms with van der Waals surface area (Å²) in [5.41, 5.74) is 0. The second-order valence-corrected chi connectivity index (χ2v) is 6.24. The summed E-state index contributed by atoms with van der Waals surface area (Å²) in [7, 11) is 0. The van der Waals surface area contributed by atoms with Crippen molar-refractivity contribution in [2.75, 3.05) is 26.4 Å². The van der Waals surface area contributed by atoms with Crippen molar-refractivity contribution in [3.8, 4) is 0 Å². The van der Waals surface area contributed by atoms with Crippen molar-refractivity contribution in [3.05, 3.63) is 0 Å². The normalized spacial score (nSPS) is 35.9. The molecule has 28 heavy (non-hydrogen) atoms. The van der Waals surface area contributed by atoms with Crippen LogP contribution in [0.1, 0.15) is 0 Å². The quantitative estimate of drug-likeness (QED) is 0.173. The third-order valence-electron chi connectivity index (χ3n) is 4.14. The molecule has 0 amide bonds. The van der Waals surface area contributed by atoms with Gasteiger partial charge in [0, 0.05) is 0 Å². The SMILES string of the molecule is OC[C@@H](O)[C@@H](O)C(O)[C@H](O)[C@@H](O)CO.OC[C@H]1OC(O)(CO)[C@@H](O)[C@@H](O)[C@@H]1O. The van der Waals surface area contributed by atoms with Crippen molar-refractivity contribution in [2.24, 2.45) is 0 Å². The van der Waals surface area contributed by atoms with Gasteiger partial charge in [0.25, 0.3) is 0 Å². The van der Waals surface area contributed by atoms with Crippen molar-refractivity contribution >= 4 is 0 Å².